The Morgan fingerprint density at radius 1 is 1.50 bits per heavy atom. The fourth-order valence-corrected chi connectivity index (χ4v) is 2.80. The van der Waals surface area contributed by atoms with Gasteiger partial charge in [-0.25, -0.2) is 14.8 Å². The normalized spacial score (nSPS) is 11.7. The maximum absolute atomic E-state index is 12.5. The fourth-order valence-electron chi connectivity index (χ4n) is 1.01. The van der Waals surface area contributed by atoms with E-state index >= 15 is 0 Å². The highest BCUT2D eigenvalue weighted by molar-refractivity contribution is 8.00. The number of halogens is 3. The molecule has 0 fully saturated rings. The largest absolute Gasteiger partial charge is 0.477 e. The number of nitrogens with one attached hydrogen (secondary N) is 1. The Balaban J connectivity index is 2.37. The third-order valence-electron chi connectivity index (χ3n) is 1.64. The van der Waals surface area contributed by atoms with Crippen molar-refractivity contribution in [1.82, 2.24) is 20.2 Å². The van der Waals surface area contributed by atoms with Gasteiger partial charge in [-0.1, -0.05) is 11.3 Å². The van der Waals surface area contributed by atoms with E-state index in [2.05, 4.69) is 20.2 Å². The summed E-state index contributed by atoms with van der Waals surface area (Å²) >= 11 is 1.18. The number of carboxylic acid groups (broad SMARTS) is 1. The van der Waals surface area contributed by atoms with Gasteiger partial charge in [0.1, 0.15) is 11.2 Å². The SMILES string of the molecule is O=C(O)c1sc(Sc2nc[nH]n2)nc1C(F)(F)F. The van der Waals surface area contributed by atoms with Crippen LogP contribution in [-0.4, -0.2) is 31.2 Å². The summed E-state index contributed by atoms with van der Waals surface area (Å²) in [6, 6.07) is 0. The zero-order valence-electron chi connectivity index (χ0n) is 8.22. The van der Waals surface area contributed by atoms with Crippen molar-refractivity contribution in [3.05, 3.63) is 16.9 Å². The molecule has 11 heteroatoms. The van der Waals surface area contributed by atoms with Gasteiger partial charge in [-0.15, -0.1) is 5.10 Å². The van der Waals surface area contributed by atoms with Gasteiger partial charge >= 0.3 is 12.1 Å². The highest BCUT2D eigenvalue weighted by atomic mass is 32.2. The molecule has 96 valence electrons. The van der Waals surface area contributed by atoms with Crippen LogP contribution in [0, 0.1) is 0 Å². The molecule has 0 aromatic carbocycles. The highest BCUT2D eigenvalue weighted by Gasteiger charge is 2.39. The molecule has 2 aromatic rings. The molecule has 2 N–H and O–H groups in total. The van der Waals surface area contributed by atoms with Gasteiger partial charge < -0.3 is 5.11 Å². The van der Waals surface area contributed by atoms with E-state index < -0.39 is 22.7 Å². The molecule has 0 amide bonds. The van der Waals surface area contributed by atoms with Crippen molar-refractivity contribution < 1.29 is 23.1 Å². The zero-order chi connectivity index (χ0) is 13.3. The minimum Gasteiger partial charge on any atom is -0.477 e. The number of H-pyrrole nitrogens is 1. The van der Waals surface area contributed by atoms with Gasteiger partial charge in [0.15, 0.2) is 10.0 Å². The van der Waals surface area contributed by atoms with Crippen LogP contribution in [0.4, 0.5) is 13.2 Å². The number of aromatic carboxylic acids is 1. The Bertz CT molecular complexity index is 566. The van der Waals surface area contributed by atoms with Crippen LogP contribution in [0.3, 0.4) is 0 Å². The van der Waals surface area contributed by atoms with E-state index in [-0.39, 0.29) is 9.50 Å². The molecule has 0 bridgehead atoms. The lowest BCUT2D eigenvalue weighted by Gasteiger charge is -2.02. The summed E-state index contributed by atoms with van der Waals surface area (Å²) in [6.45, 7) is 0. The Kier molecular flexibility index (Phi) is 3.26. The van der Waals surface area contributed by atoms with Crippen molar-refractivity contribution in [2.24, 2.45) is 0 Å². The molecule has 0 radical (unpaired) electrons. The number of thiazole rings is 1. The number of aromatic nitrogens is 4. The van der Waals surface area contributed by atoms with Crippen LogP contribution >= 0.6 is 23.1 Å². The Morgan fingerprint density at radius 2 is 2.22 bits per heavy atom. The topological polar surface area (TPSA) is 91.8 Å². The van der Waals surface area contributed by atoms with Gasteiger partial charge in [0.25, 0.3) is 0 Å². The summed E-state index contributed by atoms with van der Waals surface area (Å²) in [5, 5.41) is 14.9. The molecule has 0 atom stereocenters. The summed E-state index contributed by atoms with van der Waals surface area (Å²) < 4.78 is 37.5. The molecule has 2 heterocycles. The second-order valence-electron chi connectivity index (χ2n) is 2.84. The van der Waals surface area contributed by atoms with Gasteiger partial charge in [-0.2, -0.15) is 13.2 Å². The third kappa shape index (κ3) is 2.61. The molecule has 18 heavy (non-hydrogen) atoms. The maximum atomic E-state index is 12.5. The Labute approximate surface area is 105 Å². The van der Waals surface area contributed by atoms with E-state index in [0.717, 1.165) is 11.8 Å². The molecule has 0 saturated carbocycles. The van der Waals surface area contributed by atoms with E-state index in [1.807, 2.05) is 0 Å². The molecular formula is C7H3F3N4O2S2. The second kappa shape index (κ2) is 4.57. The lowest BCUT2D eigenvalue weighted by molar-refractivity contribution is -0.141. The average molecular weight is 296 g/mol. The van der Waals surface area contributed by atoms with Crippen LogP contribution in [-0.2, 0) is 6.18 Å². The van der Waals surface area contributed by atoms with Crippen LogP contribution < -0.4 is 0 Å². The first kappa shape index (κ1) is 12.8. The molecule has 0 aliphatic carbocycles. The Morgan fingerprint density at radius 3 is 2.67 bits per heavy atom. The summed E-state index contributed by atoms with van der Waals surface area (Å²) in [4.78, 5) is 16.8. The second-order valence-corrected chi connectivity index (χ2v) is 5.06. The molecule has 2 rings (SSSR count). The van der Waals surface area contributed by atoms with E-state index in [4.69, 9.17) is 5.11 Å². The third-order valence-corrected chi connectivity index (χ3v) is 3.62. The van der Waals surface area contributed by atoms with Gasteiger partial charge in [0.2, 0.25) is 5.16 Å². The van der Waals surface area contributed by atoms with Crippen LogP contribution in [0.15, 0.2) is 15.8 Å². The smallest absolute Gasteiger partial charge is 0.435 e. The van der Waals surface area contributed by atoms with E-state index in [9.17, 15) is 18.0 Å². The van der Waals surface area contributed by atoms with Crippen LogP contribution in [0.2, 0.25) is 0 Å². The first-order chi connectivity index (χ1) is 8.38. The lowest BCUT2D eigenvalue weighted by Crippen LogP contribution is -2.11. The van der Waals surface area contributed by atoms with Gasteiger partial charge in [0, 0.05) is 0 Å². The number of nitrogens with zero attached hydrogens (tertiary/aromatic N) is 3. The van der Waals surface area contributed by atoms with Crippen molar-refractivity contribution >= 4 is 29.1 Å². The predicted molar refractivity (Wildman–Crippen MR) is 54.6 cm³/mol. The monoisotopic (exact) mass is 296 g/mol. The Hall–Kier alpha value is -1.62. The predicted octanol–water partition coefficient (Wildman–Crippen LogP) is 2.13. The van der Waals surface area contributed by atoms with Crippen molar-refractivity contribution in [2.45, 2.75) is 15.7 Å². The molecule has 6 nitrogen and oxygen atoms in total. The van der Waals surface area contributed by atoms with Gasteiger partial charge in [-0.3, -0.25) is 5.10 Å². The molecule has 2 aromatic heterocycles. The minimum atomic E-state index is -4.80. The van der Waals surface area contributed by atoms with Crippen molar-refractivity contribution in [3.63, 3.8) is 0 Å². The zero-order valence-corrected chi connectivity index (χ0v) is 9.86. The molecule has 0 aliphatic heterocycles. The number of rotatable bonds is 3. The van der Waals surface area contributed by atoms with E-state index in [0.29, 0.717) is 11.3 Å². The molecular weight excluding hydrogens is 293 g/mol. The minimum absolute atomic E-state index is 0.0840. The lowest BCUT2D eigenvalue weighted by atomic mass is 10.3. The summed E-state index contributed by atoms with van der Waals surface area (Å²) in [7, 11) is 0. The first-order valence-corrected chi connectivity index (χ1v) is 5.86. The summed E-state index contributed by atoms with van der Waals surface area (Å²) in [5.41, 5.74) is -1.40. The van der Waals surface area contributed by atoms with Crippen molar-refractivity contribution in [3.8, 4) is 0 Å². The first-order valence-electron chi connectivity index (χ1n) is 4.23. The van der Waals surface area contributed by atoms with Crippen molar-refractivity contribution in [1.29, 1.82) is 0 Å². The molecule has 0 spiro atoms. The summed E-state index contributed by atoms with van der Waals surface area (Å²) in [5.74, 6) is -1.67. The van der Waals surface area contributed by atoms with Crippen LogP contribution in [0.1, 0.15) is 15.4 Å². The van der Waals surface area contributed by atoms with Crippen LogP contribution in [0.5, 0.6) is 0 Å². The summed E-state index contributed by atoms with van der Waals surface area (Å²) in [6.07, 6.45) is -3.55. The van der Waals surface area contributed by atoms with Crippen LogP contribution in [0.25, 0.3) is 0 Å². The molecule has 0 aliphatic rings. The van der Waals surface area contributed by atoms with Crippen molar-refractivity contribution in [2.75, 3.05) is 0 Å². The van der Waals surface area contributed by atoms with Gasteiger partial charge in [-0.05, 0) is 11.8 Å². The van der Waals surface area contributed by atoms with E-state index in [1.165, 1.54) is 6.33 Å². The standard InChI is InChI=1S/C7H3F3N4O2S2/c8-7(9,10)3-2(4(15)16)17-6(13-3)18-5-11-1-12-14-5/h1H,(H,15,16)(H,11,12,14). The highest BCUT2D eigenvalue weighted by Crippen LogP contribution is 2.38. The number of hydrogen-bond acceptors (Lipinski definition) is 6. The fraction of sp³-hybridized carbons (Fsp3) is 0.143. The van der Waals surface area contributed by atoms with Gasteiger partial charge in [0.05, 0.1) is 0 Å². The number of alkyl halides is 3. The number of aromatic amines is 1. The quantitative estimate of drug-likeness (QED) is 0.901. The molecule has 0 unspecified atom stereocenters. The van der Waals surface area contributed by atoms with E-state index in [1.54, 1.807) is 0 Å². The number of carbonyl (C=O) groups is 1. The maximum Gasteiger partial charge on any atom is 0.435 e. The average Bonchev–Trinajstić information content (AvgIpc) is 2.85. The number of hydrogen-bond donors (Lipinski definition) is 2. The number of carboxylic acids is 1. The molecule has 0 saturated heterocycles.